The number of aliphatic hydroxyl groups excluding tert-OH is 1. The van der Waals surface area contributed by atoms with Crippen LogP contribution in [0.4, 0.5) is 0 Å². The molecule has 1 fully saturated rings. The van der Waals surface area contributed by atoms with Crippen molar-refractivity contribution in [3.63, 3.8) is 0 Å². The van der Waals surface area contributed by atoms with E-state index in [2.05, 4.69) is 24.8 Å². The highest BCUT2D eigenvalue weighted by Gasteiger charge is 2.30. The molecule has 0 aliphatic heterocycles. The monoisotopic (exact) mass is 437 g/mol. The second-order valence-corrected chi connectivity index (χ2v) is 9.70. The minimum atomic E-state index is -0.746. The van der Waals surface area contributed by atoms with E-state index in [1.54, 1.807) is 0 Å². The van der Waals surface area contributed by atoms with Crippen LogP contribution in [0.2, 0.25) is 0 Å². The van der Waals surface area contributed by atoms with Gasteiger partial charge in [-0.1, -0.05) is 39.5 Å². The Kier molecular flexibility index (Phi) is 9.41. The SMILES string of the molecule is CC(C)Oc1cc(C(C)(C)CCCCCCO[N+](=O)[O-])cc(O)c1C1CCCC(O)C1. The number of ether oxygens (including phenoxy) is 1. The highest BCUT2D eigenvalue weighted by molar-refractivity contribution is 5.51. The van der Waals surface area contributed by atoms with Gasteiger partial charge in [0.25, 0.3) is 5.09 Å². The highest BCUT2D eigenvalue weighted by atomic mass is 16.9. The van der Waals surface area contributed by atoms with Crippen LogP contribution in [0.15, 0.2) is 12.1 Å². The van der Waals surface area contributed by atoms with Crippen molar-refractivity contribution in [1.29, 1.82) is 0 Å². The van der Waals surface area contributed by atoms with E-state index >= 15 is 0 Å². The van der Waals surface area contributed by atoms with Crippen molar-refractivity contribution >= 4 is 0 Å². The minimum Gasteiger partial charge on any atom is -0.508 e. The lowest BCUT2D eigenvalue weighted by Crippen LogP contribution is -2.21. The van der Waals surface area contributed by atoms with Gasteiger partial charge < -0.3 is 19.8 Å². The Hall–Kier alpha value is -2.02. The first kappa shape index (κ1) is 25.2. The van der Waals surface area contributed by atoms with Crippen LogP contribution in [0, 0.1) is 10.1 Å². The van der Waals surface area contributed by atoms with E-state index in [-0.39, 0.29) is 35.9 Å². The number of unbranched alkanes of at least 4 members (excludes halogenated alkanes) is 3. The van der Waals surface area contributed by atoms with E-state index in [1.165, 1.54) is 0 Å². The van der Waals surface area contributed by atoms with Gasteiger partial charge in [0, 0.05) is 5.56 Å². The van der Waals surface area contributed by atoms with Crippen LogP contribution < -0.4 is 4.74 Å². The van der Waals surface area contributed by atoms with Gasteiger partial charge in [-0.25, -0.2) is 0 Å². The summed E-state index contributed by atoms with van der Waals surface area (Å²) in [4.78, 5) is 14.5. The highest BCUT2D eigenvalue weighted by Crippen LogP contribution is 2.45. The molecule has 7 nitrogen and oxygen atoms in total. The molecule has 1 aromatic rings. The molecular formula is C24H39NO6. The summed E-state index contributed by atoms with van der Waals surface area (Å²) in [6.07, 6.45) is 7.51. The summed E-state index contributed by atoms with van der Waals surface area (Å²) in [5, 5.41) is 30.5. The maximum Gasteiger partial charge on any atom is 0.294 e. The van der Waals surface area contributed by atoms with Gasteiger partial charge in [0.05, 0.1) is 18.8 Å². The number of benzene rings is 1. The summed E-state index contributed by atoms with van der Waals surface area (Å²) in [5.74, 6) is 1.10. The topological polar surface area (TPSA) is 102 Å². The molecule has 2 unspecified atom stereocenters. The fraction of sp³-hybridized carbons (Fsp3) is 0.750. The first-order valence-electron chi connectivity index (χ1n) is 11.6. The number of hydrogen-bond acceptors (Lipinski definition) is 6. The zero-order chi connectivity index (χ0) is 23.0. The Morgan fingerprint density at radius 3 is 2.55 bits per heavy atom. The summed E-state index contributed by atoms with van der Waals surface area (Å²) in [7, 11) is 0. The van der Waals surface area contributed by atoms with E-state index in [9.17, 15) is 20.3 Å². The Morgan fingerprint density at radius 1 is 1.19 bits per heavy atom. The lowest BCUT2D eigenvalue weighted by atomic mass is 9.77. The third kappa shape index (κ3) is 7.87. The normalized spacial score (nSPS) is 19.4. The van der Waals surface area contributed by atoms with Crippen molar-refractivity contribution in [2.45, 2.75) is 109 Å². The fourth-order valence-corrected chi connectivity index (χ4v) is 4.50. The first-order valence-corrected chi connectivity index (χ1v) is 11.6. The Labute approximate surface area is 185 Å². The predicted octanol–water partition coefficient (Wildman–Crippen LogP) is 5.63. The number of aliphatic hydroxyl groups is 1. The molecule has 2 atom stereocenters. The molecule has 31 heavy (non-hydrogen) atoms. The molecule has 0 aromatic heterocycles. The Bertz CT molecular complexity index is 718. The zero-order valence-electron chi connectivity index (χ0n) is 19.4. The average molecular weight is 438 g/mol. The van der Waals surface area contributed by atoms with Crippen LogP contribution >= 0.6 is 0 Å². The Morgan fingerprint density at radius 2 is 1.90 bits per heavy atom. The van der Waals surface area contributed by atoms with Crippen molar-refractivity contribution in [2.75, 3.05) is 6.61 Å². The lowest BCUT2D eigenvalue weighted by Gasteiger charge is -2.31. The standard InChI is InChI=1S/C24H39NO6/c1-17(2)31-22-16-19(15-21(27)23(22)18-10-9-11-20(26)14-18)24(3,4)12-7-5-6-8-13-30-25(28)29/h15-18,20,26-27H,5-14H2,1-4H3. The smallest absolute Gasteiger partial charge is 0.294 e. The van der Waals surface area contributed by atoms with Crippen LogP contribution in [-0.2, 0) is 10.3 Å². The molecule has 0 radical (unpaired) electrons. The molecule has 1 aliphatic rings. The molecule has 176 valence electrons. The van der Waals surface area contributed by atoms with Crippen LogP contribution in [0.25, 0.3) is 0 Å². The zero-order valence-corrected chi connectivity index (χ0v) is 19.4. The fourth-order valence-electron chi connectivity index (χ4n) is 4.50. The van der Waals surface area contributed by atoms with Gasteiger partial charge in [-0.3, -0.25) is 0 Å². The molecule has 0 saturated heterocycles. The number of rotatable bonds is 12. The van der Waals surface area contributed by atoms with Crippen molar-refractivity contribution in [3.05, 3.63) is 33.4 Å². The van der Waals surface area contributed by atoms with Gasteiger partial charge in [0.1, 0.15) is 11.5 Å². The lowest BCUT2D eigenvalue weighted by molar-refractivity contribution is -0.757. The second-order valence-electron chi connectivity index (χ2n) is 9.70. The molecular weight excluding hydrogens is 398 g/mol. The molecule has 7 heteroatoms. The average Bonchev–Trinajstić information content (AvgIpc) is 2.66. The van der Waals surface area contributed by atoms with Crippen LogP contribution in [-0.4, -0.2) is 34.1 Å². The second kappa shape index (κ2) is 11.6. The summed E-state index contributed by atoms with van der Waals surface area (Å²) >= 11 is 0. The number of nitrogens with zero attached hydrogens (tertiary/aromatic N) is 1. The molecule has 1 aliphatic carbocycles. The predicted molar refractivity (Wildman–Crippen MR) is 120 cm³/mol. The number of hydrogen-bond donors (Lipinski definition) is 2. The van der Waals surface area contributed by atoms with Crippen LogP contribution in [0.3, 0.4) is 0 Å². The number of phenols is 1. The number of aromatic hydroxyl groups is 1. The van der Waals surface area contributed by atoms with Gasteiger partial charge in [-0.05, 0) is 75.0 Å². The molecule has 0 bridgehead atoms. The largest absolute Gasteiger partial charge is 0.508 e. The van der Waals surface area contributed by atoms with Gasteiger partial charge in [0.15, 0.2) is 0 Å². The van der Waals surface area contributed by atoms with E-state index < -0.39 is 5.09 Å². The van der Waals surface area contributed by atoms with E-state index in [1.807, 2.05) is 19.9 Å². The van der Waals surface area contributed by atoms with Gasteiger partial charge >= 0.3 is 0 Å². The maximum atomic E-state index is 11.0. The van der Waals surface area contributed by atoms with Crippen molar-refractivity contribution in [3.8, 4) is 11.5 Å². The van der Waals surface area contributed by atoms with E-state index in [0.717, 1.165) is 61.8 Å². The van der Waals surface area contributed by atoms with E-state index in [0.29, 0.717) is 12.8 Å². The molecule has 2 N–H and O–H groups in total. The summed E-state index contributed by atoms with van der Waals surface area (Å²) < 4.78 is 6.13. The molecule has 2 rings (SSSR count). The van der Waals surface area contributed by atoms with Crippen molar-refractivity contribution in [2.24, 2.45) is 0 Å². The van der Waals surface area contributed by atoms with E-state index in [4.69, 9.17) is 4.74 Å². The quantitative estimate of drug-likeness (QED) is 0.249. The number of phenolic OH excluding ortho intramolecular Hbond substituents is 1. The minimum absolute atomic E-state index is 0.00795. The summed E-state index contributed by atoms with van der Waals surface area (Å²) in [5.41, 5.74) is 1.73. The molecule has 1 aromatic carbocycles. The molecule has 0 spiro atoms. The Balaban J connectivity index is 2.08. The van der Waals surface area contributed by atoms with Crippen LogP contribution in [0.5, 0.6) is 11.5 Å². The maximum absolute atomic E-state index is 11.0. The molecule has 0 amide bonds. The molecule has 0 heterocycles. The first-order chi connectivity index (χ1) is 14.6. The van der Waals surface area contributed by atoms with Crippen LogP contribution in [0.1, 0.15) is 103 Å². The third-order valence-electron chi connectivity index (χ3n) is 6.21. The summed E-state index contributed by atoms with van der Waals surface area (Å²) in [6, 6.07) is 3.94. The van der Waals surface area contributed by atoms with Crippen molar-refractivity contribution in [1.82, 2.24) is 0 Å². The van der Waals surface area contributed by atoms with Gasteiger partial charge in [-0.2, -0.15) is 0 Å². The molecule has 1 saturated carbocycles. The van der Waals surface area contributed by atoms with Crippen molar-refractivity contribution < 1.29 is 24.9 Å². The van der Waals surface area contributed by atoms with Gasteiger partial charge in [0.2, 0.25) is 0 Å². The third-order valence-corrected chi connectivity index (χ3v) is 6.21. The van der Waals surface area contributed by atoms with Gasteiger partial charge in [-0.15, -0.1) is 10.1 Å². The summed E-state index contributed by atoms with van der Waals surface area (Å²) in [6.45, 7) is 8.45.